The van der Waals surface area contributed by atoms with Crippen LogP contribution in [-0.2, 0) is 15.9 Å². The quantitative estimate of drug-likeness (QED) is 0.128. The number of benzene rings is 11. The first-order chi connectivity index (χ1) is 58.3. The molecule has 0 bridgehead atoms. The van der Waals surface area contributed by atoms with Gasteiger partial charge in [-0.15, -0.1) is 0 Å². The molecule has 11 aromatic rings. The van der Waals surface area contributed by atoms with E-state index in [0.717, 1.165) is 72.5 Å². The van der Waals surface area contributed by atoms with Crippen LogP contribution in [0.3, 0.4) is 0 Å². The van der Waals surface area contributed by atoms with E-state index in [-0.39, 0.29) is 215 Å². The fourth-order valence-corrected chi connectivity index (χ4v) is 13.3. The molecule has 127 heavy (non-hydrogen) atoms. The van der Waals surface area contributed by atoms with Crippen molar-refractivity contribution in [2.45, 2.75) is 228 Å². The molecule has 1 saturated carbocycles. The van der Waals surface area contributed by atoms with Crippen molar-refractivity contribution in [3.63, 3.8) is 0 Å². The molecule has 0 aromatic heterocycles. The molecule has 16 rings (SSSR count). The van der Waals surface area contributed by atoms with Crippen molar-refractivity contribution in [3.8, 4) is 28.0 Å². The van der Waals surface area contributed by atoms with E-state index >= 15 is 0 Å². The van der Waals surface area contributed by atoms with Gasteiger partial charge in [-0.1, -0.05) is 289 Å². The minimum Gasteiger partial charge on any atom is -0.487 e. The van der Waals surface area contributed by atoms with Gasteiger partial charge in [0.25, 0.3) is 0 Å². The smallest absolute Gasteiger partial charge is 0.201 e. The Balaban J connectivity index is 0.000000695. The van der Waals surface area contributed by atoms with Gasteiger partial charge < -0.3 is 14.2 Å². The Morgan fingerprint density at radius 1 is 0.315 bits per heavy atom. The Labute approximate surface area is 890 Å². The first-order valence-electron chi connectivity index (χ1n) is 43.0. The minimum atomic E-state index is -1.11. The second-order valence-electron chi connectivity index (χ2n) is 33.6. The fourth-order valence-electron chi connectivity index (χ4n) is 13.1. The number of hydrogen-bond acceptors (Lipinski definition) is 3. The van der Waals surface area contributed by atoms with Gasteiger partial charge in [-0.3, -0.25) is 0 Å². The summed E-state index contributed by atoms with van der Waals surface area (Å²) in [5.41, 5.74) is 15.7. The molecule has 2 heterocycles. The molecule has 3 aliphatic carbocycles. The Hall–Kier alpha value is -4.13. The third kappa shape index (κ3) is 44.7. The van der Waals surface area contributed by atoms with E-state index in [1.54, 1.807) is 81.8 Å². The summed E-state index contributed by atoms with van der Waals surface area (Å²) in [5, 5.41) is 0.354. The zero-order chi connectivity index (χ0) is 91.0. The molecule has 2 fully saturated rings. The summed E-state index contributed by atoms with van der Waals surface area (Å²) < 4.78 is 146. The summed E-state index contributed by atoms with van der Waals surface area (Å²) in [7, 11) is 0. The van der Waals surface area contributed by atoms with E-state index in [4.69, 9.17) is 25.8 Å². The number of hydrogen-bond donors (Lipinski definition) is 0. The van der Waals surface area contributed by atoms with Crippen molar-refractivity contribution in [2.75, 3.05) is 13.2 Å². The summed E-state index contributed by atoms with van der Waals surface area (Å²) in [6.07, 6.45) is 16.7. The molecule has 0 amide bonds. The Kier molecular flexibility index (Phi) is 61.6. The van der Waals surface area contributed by atoms with Gasteiger partial charge in [0.05, 0.1) is 35.6 Å². The molecule has 3 unspecified atom stereocenters. The molecule has 3 nitrogen and oxygen atoms in total. The largest absolute Gasteiger partial charge is 0.487 e. The van der Waals surface area contributed by atoms with Crippen LogP contribution in [0.25, 0.3) is 33.0 Å². The molecule has 0 spiro atoms. The predicted molar refractivity (Wildman–Crippen MR) is 496 cm³/mol. The molecule has 0 radical (unpaired) electrons. The SMILES string of the molecule is CC1=C(F)CC(C)CC1.CC1=CCC(C)CC1.CC1CCC(C)CC1.CC1COC(C)OC1.Cc1cc2c(c(F)c1F)OC(C)CC2.Cc1cc2ccc(C)c(F)c2c(F)c1F.Cc1ccc(C)c(Cl)c1F.Cc1ccc(C)c(F)c1.Cc1ccc(C)c(F)c1F.Cc1ccc(C)cc1.[Nd].[Nd].[Nd].[Nd].c1ccc(-c2ccccc2)cc1.c1ccc(-c2ccccc2)cc1. The fraction of sp³-hybridized carbons (Fsp3) is 0.376. The van der Waals surface area contributed by atoms with E-state index < -0.39 is 40.7 Å². The first-order valence-corrected chi connectivity index (χ1v) is 43.4. The van der Waals surface area contributed by atoms with Crippen molar-refractivity contribution in [2.24, 2.45) is 29.6 Å². The van der Waals surface area contributed by atoms with E-state index in [2.05, 4.69) is 183 Å². The van der Waals surface area contributed by atoms with Crippen LogP contribution in [0.4, 0.5) is 43.9 Å². The van der Waals surface area contributed by atoms with Crippen LogP contribution in [0, 0.1) is 321 Å². The third-order valence-electron chi connectivity index (χ3n) is 21.7. The number of halogens is 11. The van der Waals surface area contributed by atoms with Gasteiger partial charge in [0.2, 0.25) is 5.82 Å². The molecule has 5 aliphatic rings. The van der Waals surface area contributed by atoms with Crippen molar-refractivity contribution in [1.29, 1.82) is 0 Å². The van der Waals surface area contributed by atoms with Crippen LogP contribution in [0.1, 0.15) is 200 Å². The molecule has 0 N–H and O–H groups in total. The Morgan fingerprint density at radius 2 is 0.693 bits per heavy atom. The minimum absolute atomic E-state index is 0. The number of rotatable bonds is 2. The molecule has 11 aromatic carbocycles. The monoisotopic (exact) mass is 2280 g/mol. The van der Waals surface area contributed by atoms with Crippen LogP contribution < -0.4 is 4.74 Å². The van der Waals surface area contributed by atoms with Gasteiger partial charge in [-0.05, 0) is 280 Å². The maximum absolute atomic E-state index is 13.6. The number of allylic oxidation sites excluding steroid dienone is 4. The second-order valence-corrected chi connectivity index (χ2v) is 34.0. The zero-order valence-electron chi connectivity index (χ0n) is 78.1. The van der Waals surface area contributed by atoms with Crippen molar-refractivity contribution < 1.29 is 221 Å². The first kappa shape index (κ1) is 121. The van der Waals surface area contributed by atoms with Crippen molar-refractivity contribution in [1.82, 2.24) is 0 Å². The summed E-state index contributed by atoms with van der Waals surface area (Å²) >= 11 is 5.61. The molecular formula is C109H131ClF10Nd4O3. The molecule has 18 heteroatoms. The summed E-state index contributed by atoms with van der Waals surface area (Å²) in [5.74, 6) is -1.94. The van der Waals surface area contributed by atoms with E-state index in [9.17, 15) is 43.9 Å². The summed E-state index contributed by atoms with van der Waals surface area (Å²) in [6, 6.07) is 68.2. The number of ether oxygens (including phenoxy) is 3. The second kappa shape index (κ2) is 64.7. The predicted octanol–water partition coefficient (Wildman–Crippen LogP) is 33.6. The van der Waals surface area contributed by atoms with Crippen molar-refractivity contribution in [3.05, 3.63) is 360 Å². The molecule has 678 valence electrons. The topological polar surface area (TPSA) is 27.7 Å². The van der Waals surface area contributed by atoms with Crippen LogP contribution in [0.2, 0.25) is 5.02 Å². The Morgan fingerprint density at radius 3 is 1.08 bits per heavy atom. The summed E-state index contributed by atoms with van der Waals surface area (Å²) in [4.78, 5) is 0. The van der Waals surface area contributed by atoms with Gasteiger partial charge in [-0.2, -0.15) is 4.39 Å². The molecule has 1 saturated heterocycles. The average Bonchev–Trinajstić information content (AvgIpc) is 0.779. The van der Waals surface area contributed by atoms with Crippen LogP contribution in [-0.4, -0.2) is 25.6 Å². The van der Waals surface area contributed by atoms with Crippen LogP contribution in [0.5, 0.6) is 5.75 Å². The molecule has 3 atom stereocenters. The van der Waals surface area contributed by atoms with Gasteiger partial charge in [0.1, 0.15) is 17.5 Å². The van der Waals surface area contributed by atoms with E-state index in [1.807, 2.05) is 58.0 Å². The third-order valence-corrected chi connectivity index (χ3v) is 22.2. The van der Waals surface area contributed by atoms with Gasteiger partial charge in [0, 0.05) is 176 Å². The van der Waals surface area contributed by atoms with Gasteiger partial charge in [-0.25, -0.2) is 39.5 Å². The maximum atomic E-state index is 13.6. The zero-order valence-corrected chi connectivity index (χ0v) is 91.7. The summed E-state index contributed by atoms with van der Waals surface area (Å²) in [6.45, 7) is 39.8. The number of aryl methyl sites for hydroxylation is 12. The number of fused-ring (bicyclic) bond motifs is 2. The average molecular weight is 2290 g/mol. The van der Waals surface area contributed by atoms with Gasteiger partial charge in [0.15, 0.2) is 41.1 Å². The standard InChI is InChI=1S/C12H9F3.2C12H10.C11H12F2O.C8H8ClF.C8H8F2.C8H13F.C8H9F.C8H16.C8H14.C8H10.C6H12O2.4Nd/c1-6-3-4-8-5-7(2)11(14)12(15)9(8)10(6)13;2*1-3-7-11(8-4-1)12-9-5-2-6-10-12;1-6-5-8-4-3-7(2)14-11(8)10(13)9(6)12;2*1-5-3-4-6(2)8(10)7(5)9;2*1-6-3-4-7(2)8(9)5-6;3*1-7-3-5-8(2)6-4-7;1-5-3-7-6(2)8-4-5;;;;/h3-5H,1-2H3;2*1-10H;5,7H,3-4H2,1-2H3;2*3-4H,1-2H3;6H,3-5H2,1-2H3;3-5H,1-2H3;7-8H,3-6H2,1-2H3;3,8H,4-6H2,1-2H3;3-6H,1-2H3;5-6H,3-4H2,1-2H3;;;;. The van der Waals surface area contributed by atoms with Crippen molar-refractivity contribution >= 4 is 22.4 Å². The molecular weight excluding hydrogens is 2160 g/mol. The van der Waals surface area contributed by atoms with Crippen LogP contribution >= 0.6 is 11.6 Å². The maximum Gasteiger partial charge on any atom is 0.201 e. The molecule has 2 aliphatic heterocycles. The normalized spacial score (nSPS) is 17.1. The van der Waals surface area contributed by atoms with E-state index in [1.165, 1.54) is 125 Å². The van der Waals surface area contributed by atoms with Crippen LogP contribution in [0.15, 0.2) is 235 Å². The Bertz CT molecular complexity index is 4720. The van der Waals surface area contributed by atoms with Gasteiger partial charge >= 0.3 is 0 Å². The van der Waals surface area contributed by atoms with E-state index in [0.29, 0.717) is 57.0 Å².